The SMILES string of the molecule is CCN(CC)CC(O)CNC(=O)c1c(C)c(C)c(C#Cc2c(N)ncc3ccc(Cl)cc23)n1CC(C)C.CCN(CC)CC(O)CNC(=O)c1c(C)cc(C#Cc2c(N)ncc3ccc(Cl)cc23)n1CC(C)C.CCN(CC)CC(O)CNC(=O)c1cc(C)c(C#Cc2c(N)ncc3ccc(Cl)cc23)n1CC(C)C.CCN(CC)CC(O)CNC(=O)c1oc(C#Cc2c(N)ncc3ccc(Cl)cc23)cc1C. The van der Waals surface area contributed by atoms with E-state index in [-0.39, 0.29) is 61.4 Å². The number of likely N-dealkylation sites (N-methyl/N-ethyl adjacent to an activating group) is 4. The zero-order chi connectivity index (χ0) is 103. The van der Waals surface area contributed by atoms with Crippen molar-refractivity contribution < 1.29 is 44.0 Å². The van der Waals surface area contributed by atoms with E-state index >= 15 is 0 Å². The number of furan rings is 1. The van der Waals surface area contributed by atoms with Crippen molar-refractivity contribution in [1.29, 1.82) is 0 Å². The number of aliphatic hydroxyl groups excluding tert-OH is 4. The summed E-state index contributed by atoms with van der Waals surface area (Å²) in [6.07, 6.45) is 4.19. The molecule has 4 unspecified atom stereocenters. The van der Waals surface area contributed by atoms with E-state index in [0.29, 0.717) is 152 Å². The lowest BCUT2D eigenvalue weighted by atomic mass is 10.1. The molecule has 0 fully saturated rings. The number of nitrogens with two attached hydrogens (primary N) is 4. The lowest BCUT2D eigenvalue weighted by Gasteiger charge is -2.22. The maximum Gasteiger partial charge on any atom is 0.287 e. The molecule has 12 rings (SSSR count). The topological polar surface area (TPSA) is 394 Å². The Balaban J connectivity index is 0.000000210. The zero-order valence-electron chi connectivity index (χ0n) is 84.5. The predicted octanol–water partition coefficient (Wildman–Crippen LogP) is 15.7. The molecule has 141 heavy (non-hydrogen) atoms. The van der Waals surface area contributed by atoms with Crippen LogP contribution in [0.15, 0.2) is 120 Å². The van der Waals surface area contributed by atoms with Crippen LogP contribution in [0.1, 0.15) is 212 Å². The average molecular weight is 2000 g/mol. The van der Waals surface area contributed by atoms with Crippen molar-refractivity contribution in [3.05, 3.63) is 232 Å². The fourth-order valence-electron chi connectivity index (χ4n) is 16.3. The van der Waals surface area contributed by atoms with Crippen LogP contribution in [0.3, 0.4) is 0 Å². The smallest absolute Gasteiger partial charge is 0.287 e. The van der Waals surface area contributed by atoms with Crippen molar-refractivity contribution in [3.8, 4) is 47.4 Å². The average Bonchev–Trinajstić information content (AvgIpc) is 1.63. The van der Waals surface area contributed by atoms with Crippen molar-refractivity contribution in [1.82, 2.24) is 74.5 Å². The summed E-state index contributed by atoms with van der Waals surface area (Å²) in [6.45, 7) is 49.8. The number of aryl methyl sites for hydroxylation is 3. The van der Waals surface area contributed by atoms with Gasteiger partial charge in [-0.2, -0.15) is 0 Å². The maximum absolute atomic E-state index is 13.4. The summed E-state index contributed by atoms with van der Waals surface area (Å²) in [7, 11) is 0. The van der Waals surface area contributed by atoms with E-state index in [4.69, 9.17) is 73.8 Å². The highest BCUT2D eigenvalue weighted by atomic mass is 35.5. The fourth-order valence-corrected chi connectivity index (χ4v) is 16.9. The molecule has 0 spiro atoms. The van der Waals surface area contributed by atoms with Crippen LogP contribution in [0, 0.1) is 99.7 Å². The maximum atomic E-state index is 13.4. The molecule has 0 radical (unpaired) electrons. The minimum atomic E-state index is -0.665. The molecule has 32 heteroatoms. The van der Waals surface area contributed by atoms with Crippen molar-refractivity contribution >= 4 is 136 Å². The van der Waals surface area contributed by atoms with Gasteiger partial charge in [-0.1, -0.05) is 191 Å². The molecule has 4 aromatic carbocycles. The lowest BCUT2D eigenvalue weighted by molar-refractivity contribution is 0.0843. The van der Waals surface area contributed by atoms with E-state index in [9.17, 15) is 39.6 Å². The van der Waals surface area contributed by atoms with Crippen LogP contribution in [0.25, 0.3) is 43.1 Å². The molecule has 16 N–H and O–H groups in total. The van der Waals surface area contributed by atoms with Gasteiger partial charge < -0.3 is 102 Å². The number of benzene rings is 4. The Morgan fingerprint density at radius 1 is 0.369 bits per heavy atom. The highest BCUT2D eigenvalue weighted by Gasteiger charge is 2.28. The van der Waals surface area contributed by atoms with E-state index in [1.807, 2.05) is 116 Å². The Bertz CT molecular complexity index is 6630. The molecule has 8 heterocycles. The number of rotatable bonds is 34. The molecule has 4 atom stereocenters. The van der Waals surface area contributed by atoms with E-state index in [2.05, 4.69) is 191 Å². The second-order valence-electron chi connectivity index (χ2n) is 36.1. The number of fused-ring (bicyclic) bond motifs is 4. The number of hydrogen-bond acceptors (Lipinski definition) is 21. The van der Waals surface area contributed by atoms with Crippen molar-refractivity contribution in [2.45, 2.75) is 176 Å². The minimum absolute atomic E-state index is 0.134. The van der Waals surface area contributed by atoms with Crippen LogP contribution in [-0.2, 0) is 19.6 Å². The largest absolute Gasteiger partial charge is 0.442 e. The summed E-state index contributed by atoms with van der Waals surface area (Å²) >= 11 is 24.8. The van der Waals surface area contributed by atoms with Gasteiger partial charge in [0.05, 0.1) is 63.8 Å². The lowest BCUT2D eigenvalue weighted by Crippen LogP contribution is -2.40. The second kappa shape index (κ2) is 53.6. The van der Waals surface area contributed by atoms with Gasteiger partial charge in [0.1, 0.15) is 40.4 Å². The third-order valence-corrected chi connectivity index (χ3v) is 25.0. The number of nitrogens with one attached hydrogen (secondary N) is 4. The Hall–Kier alpha value is -12.2. The number of carbonyl (C=O) groups is 4. The Morgan fingerprint density at radius 3 is 1.05 bits per heavy atom. The van der Waals surface area contributed by atoms with Crippen molar-refractivity contribution in [3.63, 3.8) is 0 Å². The van der Waals surface area contributed by atoms with E-state index in [1.54, 1.807) is 62.0 Å². The Kier molecular flexibility index (Phi) is 42.7. The molecule has 0 aliphatic heterocycles. The number of nitrogen functional groups attached to an aromatic ring is 4. The zero-order valence-corrected chi connectivity index (χ0v) is 87.5. The first-order valence-electron chi connectivity index (χ1n) is 48.0. The van der Waals surface area contributed by atoms with Gasteiger partial charge in [0, 0.05) is 166 Å². The molecule has 0 saturated carbocycles. The summed E-state index contributed by atoms with van der Waals surface area (Å²) < 4.78 is 11.5. The Labute approximate surface area is 849 Å². The van der Waals surface area contributed by atoms with Crippen molar-refractivity contribution in [2.75, 3.05) is 128 Å². The first-order chi connectivity index (χ1) is 67.2. The number of amides is 4. The van der Waals surface area contributed by atoms with Gasteiger partial charge in [-0.05, 0) is 217 Å². The molecule has 0 aliphatic rings. The van der Waals surface area contributed by atoms with Crippen LogP contribution in [0.2, 0.25) is 20.1 Å². The van der Waals surface area contributed by atoms with E-state index in [1.165, 1.54) is 0 Å². The molecule has 28 nitrogen and oxygen atoms in total. The number of hydrogen-bond donors (Lipinski definition) is 12. The number of nitrogens with zero attached hydrogens (tertiary/aromatic N) is 11. The number of pyridine rings is 4. The third kappa shape index (κ3) is 30.9. The number of aromatic nitrogens is 7. The monoisotopic (exact) mass is 2000 g/mol. The van der Waals surface area contributed by atoms with Gasteiger partial charge in [0.15, 0.2) is 11.5 Å². The van der Waals surface area contributed by atoms with Gasteiger partial charge in [-0.25, -0.2) is 19.9 Å². The molecule has 12 aromatic rings. The van der Waals surface area contributed by atoms with Crippen LogP contribution < -0.4 is 44.2 Å². The summed E-state index contributed by atoms with van der Waals surface area (Å²) in [5.74, 6) is 26.9. The van der Waals surface area contributed by atoms with Crippen LogP contribution in [0.4, 0.5) is 23.3 Å². The summed E-state index contributed by atoms with van der Waals surface area (Å²) in [5.41, 5.74) is 35.0. The molecule has 750 valence electrons. The van der Waals surface area contributed by atoms with Gasteiger partial charge >= 0.3 is 0 Å². The van der Waals surface area contributed by atoms with Crippen LogP contribution in [0.5, 0.6) is 0 Å². The standard InChI is InChI=1S/C29H38ClN5O2.2C28H36ClN5O2.C24H27ClN4O3/c1-7-34(8-2)17-23(36)15-33-29(37)27-20(6)19(5)26(35(27)16-18(3)4)12-11-24-25-13-22(30)10-9-21(25)14-32-28(24)31;1-6-33(7-2)17-22(35)15-32-28(36)26-12-19(5)25(34(26)16-18(3)4)11-10-23-24-13-21(29)9-8-20(24)14-31-27(23)30;1-6-33(7-2)17-23(35)15-32-28(36)26-19(5)12-22(34(26)16-18(3)4)10-11-24-25-13-21(29)9-8-20(25)14-31-27(24)30;1-4-29(5-2)14-18(30)13-28-24(31)22-15(3)10-19(32-22)8-9-20-21-11-17(25)7-6-16(21)12-27-23(20)26/h9-10,13-14,18,23,36H,7-8,15-17H2,1-6H3,(H2,31,32)(H,33,37);8-9,12-14,18,22,35H,6-7,15-17H2,1-5H3,(H2,30,31)(H,32,36);8-9,12-14,18,23,35H,6-7,15-17H2,1-5H3,(H2,30,31)(H,32,36);6-7,10-12,18,30H,4-5,13-14H2,1-3H3,(H2,26,27)(H,28,31). The molecular formula is C109H137Cl4N19O9. The van der Waals surface area contributed by atoms with Gasteiger partial charge in [-0.15, -0.1) is 0 Å². The first-order valence-corrected chi connectivity index (χ1v) is 49.6. The summed E-state index contributed by atoms with van der Waals surface area (Å²) in [5, 5.41) is 62.1. The molecule has 8 aromatic heterocycles. The summed E-state index contributed by atoms with van der Waals surface area (Å²) in [6, 6.07) is 27.5. The van der Waals surface area contributed by atoms with Gasteiger partial charge in [-0.3, -0.25) is 19.2 Å². The summed E-state index contributed by atoms with van der Waals surface area (Å²) in [4.78, 5) is 77.7. The molecule has 0 aliphatic carbocycles. The quantitative estimate of drug-likeness (QED) is 0.0167. The normalized spacial score (nSPS) is 12.1. The minimum Gasteiger partial charge on any atom is -0.442 e. The number of carbonyl (C=O) groups excluding carboxylic acids is 4. The number of anilines is 4. The molecule has 0 bridgehead atoms. The molecule has 4 amide bonds. The van der Waals surface area contributed by atoms with E-state index in [0.717, 1.165) is 129 Å². The second-order valence-corrected chi connectivity index (χ2v) is 37.9. The van der Waals surface area contributed by atoms with Crippen LogP contribution in [-0.4, -0.2) is 226 Å². The van der Waals surface area contributed by atoms with Crippen LogP contribution >= 0.6 is 46.4 Å². The van der Waals surface area contributed by atoms with Crippen molar-refractivity contribution in [2.24, 2.45) is 17.8 Å². The Morgan fingerprint density at radius 2 is 0.688 bits per heavy atom. The molecule has 0 saturated heterocycles. The van der Waals surface area contributed by atoms with E-state index < -0.39 is 30.3 Å². The highest BCUT2D eigenvalue weighted by molar-refractivity contribution is 6.32. The number of aliphatic hydroxyl groups is 4. The van der Waals surface area contributed by atoms with Gasteiger partial charge in [0.25, 0.3) is 23.6 Å². The first kappa shape index (κ1) is 112. The third-order valence-electron chi connectivity index (χ3n) is 24.0. The predicted molar refractivity (Wildman–Crippen MR) is 573 cm³/mol. The molecular weight excluding hydrogens is 1860 g/mol. The number of halogens is 4. The highest BCUT2D eigenvalue weighted by Crippen LogP contribution is 2.32. The fraction of sp³-hybridized carbons (Fsp3) is 0.413. The van der Waals surface area contributed by atoms with Gasteiger partial charge in [0.2, 0.25) is 0 Å².